The van der Waals surface area contributed by atoms with Crippen molar-refractivity contribution in [2.24, 2.45) is 17.8 Å². The summed E-state index contributed by atoms with van der Waals surface area (Å²) in [5, 5.41) is 0. The molecular weight excluding hydrogens is 186 g/mol. The van der Waals surface area contributed by atoms with Gasteiger partial charge in [0.2, 0.25) is 5.91 Å². The first-order chi connectivity index (χ1) is 7.26. The molecule has 1 amide bonds. The van der Waals surface area contributed by atoms with Crippen molar-refractivity contribution in [2.75, 3.05) is 13.1 Å². The van der Waals surface area contributed by atoms with Gasteiger partial charge < -0.3 is 4.90 Å². The number of hydrogen-bond acceptors (Lipinski definition) is 1. The van der Waals surface area contributed by atoms with Gasteiger partial charge in [-0.05, 0) is 43.9 Å². The molecule has 2 nitrogen and oxygen atoms in total. The fraction of sp³-hybridized carbons (Fsp3) is 0.923. The lowest BCUT2D eigenvalue weighted by Crippen LogP contribution is -2.36. The predicted molar refractivity (Wildman–Crippen MR) is 61.5 cm³/mol. The molecule has 0 N–H and O–H groups in total. The third kappa shape index (κ3) is 2.35. The fourth-order valence-corrected chi connectivity index (χ4v) is 3.05. The molecule has 0 saturated heterocycles. The summed E-state index contributed by atoms with van der Waals surface area (Å²) >= 11 is 0. The van der Waals surface area contributed by atoms with Gasteiger partial charge in [-0.2, -0.15) is 0 Å². The Kier molecular flexibility index (Phi) is 3.32. The average Bonchev–Trinajstić information content (AvgIpc) is 2.84. The van der Waals surface area contributed by atoms with Gasteiger partial charge in [0, 0.05) is 19.0 Å². The number of hydrogen-bond donors (Lipinski definition) is 0. The molecule has 0 heterocycles. The summed E-state index contributed by atoms with van der Waals surface area (Å²) in [6.07, 6.45) is 5.96. The zero-order chi connectivity index (χ0) is 10.8. The van der Waals surface area contributed by atoms with E-state index in [1.807, 2.05) is 0 Å². The summed E-state index contributed by atoms with van der Waals surface area (Å²) in [5.74, 6) is 2.67. The van der Waals surface area contributed by atoms with E-state index in [1.165, 1.54) is 19.3 Å². The van der Waals surface area contributed by atoms with Crippen LogP contribution in [0.15, 0.2) is 0 Å². The predicted octanol–water partition coefficient (Wildman–Crippen LogP) is 2.68. The van der Waals surface area contributed by atoms with E-state index in [-0.39, 0.29) is 0 Å². The number of amides is 1. The minimum Gasteiger partial charge on any atom is -0.342 e. The second-order valence-electron chi connectivity index (χ2n) is 5.25. The molecular formula is C13H23NO. The quantitative estimate of drug-likeness (QED) is 0.681. The third-order valence-corrected chi connectivity index (χ3v) is 3.89. The highest BCUT2D eigenvalue weighted by Gasteiger charge is 2.48. The first-order valence-electron chi connectivity index (χ1n) is 6.55. The zero-order valence-corrected chi connectivity index (χ0v) is 10.0. The topological polar surface area (TPSA) is 20.3 Å². The lowest BCUT2D eigenvalue weighted by atomic mass is 10.0. The van der Waals surface area contributed by atoms with Crippen LogP contribution >= 0.6 is 0 Å². The highest BCUT2D eigenvalue weighted by molar-refractivity contribution is 5.79. The van der Waals surface area contributed by atoms with E-state index in [9.17, 15) is 4.79 Å². The van der Waals surface area contributed by atoms with E-state index in [2.05, 4.69) is 18.7 Å². The zero-order valence-electron chi connectivity index (χ0n) is 10.0. The summed E-state index contributed by atoms with van der Waals surface area (Å²) < 4.78 is 0. The molecule has 2 atom stereocenters. The Labute approximate surface area is 93.0 Å². The molecule has 0 bridgehead atoms. The summed E-state index contributed by atoms with van der Waals surface area (Å²) in [4.78, 5) is 14.3. The molecule has 0 radical (unpaired) electrons. The first kappa shape index (κ1) is 11.0. The van der Waals surface area contributed by atoms with Crippen molar-refractivity contribution in [1.29, 1.82) is 0 Å². The summed E-state index contributed by atoms with van der Waals surface area (Å²) in [7, 11) is 0. The molecule has 0 aromatic carbocycles. The van der Waals surface area contributed by atoms with Crippen LogP contribution in [0, 0.1) is 17.8 Å². The van der Waals surface area contributed by atoms with Crippen molar-refractivity contribution in [3.05, 3.63) is 0 Å². The Morgan fingerprint density at radius 3 is 2.07 bits per heavy atom. The lowest BCUT2D eigenvalue weighted by molar-refractivity contribution is -0.135. The van der Waals surface area contributed by atoms with E-state index in [0.29, 0.717) is 11.8 Å². The largest absolute Gasteiger partial charge is 0.342 e. The average molecular weight is 209 g/mol. The highest BCUT2D eigenvalue weighted by atomic mass is 16.2. The molecule has 0 aromatic rings. The number of fused-ring (bicyclic) bond motifs is 1. The van der Waals surface area contributed by atoms with Gasteiger partial charge in [-0.3, -0.25) is 4.79 Å². The van der Waals surface area contributed by atoms with Crippen LogP contribution in [0.4, 0.5) is 0 Å². The maximum absolute atomic E-state index is 12.2. The molecule has 2 aliphatic carbocycles. The Hall–Kier alpha value is -0.530. The van der Waals surface area contributed by atoms with Crippen molar-refractivity contribution >= 4 is 5.91 Å². The lowest BCUT2D eigenvalue weighted by Gasteiger charge is -2.25. The van der Waals surface area contributed by atoms with E-state index >= 15 is 0 Å². The van der Waals surface area contributed by atoms with Crippen molar-refractivity contribution in [3.8, 4) is 0 Å². The summed E-state index contributed by atoms with van der Waals surface area (Å²) in [5.41, 5.74) is 0. The normalized spacial score (nSPS) is 32.5. The van der Waals surface area contributed by atoms with Crippen molar-refractivity contribution in [3.63, 3.8) is 0 Å². The van der Waals surface area contributed by atoms with Gasteiger partial charge >= 0.3 is 0 Å². The van der Waals surface area contributed by atoms with Crippen LogP contribution < -0.4 is 0 Å². The minimum absolute atomic E-state index is 0.381. The second-order valence-corrected chi connectivity index (χ2v) is 5.25. The number of nitrogens with zero attached hydrogens (tertiary/aromatic N) is 1. The molecule has 0 aromatic heterocycles. The minimum atomic E-state index is 0.381. The monoisotopic (exact) mass is 209 g/mol. The molecule has 86 valence electrons. The van der Waals surface area contributed by atoms with Gasteiger partial charge in [-0.25, -0.2) is 0 Å². The summed E-state index contributed by atoms with van der Waals surface area (Å²) in [6, 6.07) is 0. The fourth-order valence-electron chi connectivity index (χ4n) is 3.05. The van der Waals surface area contributed by atoms with Gasteiger partial charge in [0.1, 0.15) is 0 Å². The maximum Gasteiger partial charge on any atom is 0.225 e. The van der Waals surface area contributed by atoms with E-state index in [1.54, 1.807) is 0 Å². The van der Waals surface area contributed by atoms with E-state index in [4.69, 9.17) is 0 Å². The summed E-state index contributed by atoms with van der Waals surface area (Å²) in [6.45, 7) is 6.22. The number of carbonyl (C=O) groups is 1. The molecule has 2 fully saturated rings. The van der Waals surface area contributed by atoms with Crippen LogP contribution in [0.25, 0.3) is 0 Å². The van der Waals surface area contributed by atoms with Crippen LogP contribution in [-0.2, 0) is 4.79 Å². The molecule has 2 unspecified atom stereocenters. The Morgan fingerprint density at radius 1 is 1.07 bits per heavy atom. The molecule has 2 rings (SSSR count). The van der Waals surface area contributed by atoms with Gasteiger partial charge in [-0.1, -0.05) is 13.8 Å². The number of carbonyl (C=O) groups excluding carboxylic acids is 1. The second kappa shape index (κ2) is 4.54. The first-order valence-corrected chi connectivity index (χ1v) is 6.55. The standard InChI is InChI=1S/C13H23NO/c1-3-5-14(6-4-2)13(15)12-8-10-7-11(10)9-12/h10-12H,3-9H2,1-2H3. The van der Waals surface area contributed by atoms with Crippen LogP contribution in [0.5, 0.6) is 0 Å². The molecule has 15 heavy (non-hydrogen) atoms. The van der Waals surface area contributed by atoms with Crippen LogP contribution in [0.2, 0.25) is 0 Å². The van der Waals surface area contributed by atoms with E-state index in [0.717, 1.165) is 37.8 Å². The van der Waals surface area contributed by atoms with Crippen LogP contribution in [0.1, 0.15) is 46.0 Å². The molecule has 2 heteroatoms. The van der Waals surface area contributed by atoms with Crippen LogP contribution in [0.3, 0.4) is 0 Å². The number of rotatable bonds is 5. The van der Waals surface area contributed by atoms with Crippen molar-refractivity contribution in [2.45, 2.75) is 46.0 Å². The van der Waals surface area contributed by atoms with Crippen LogP contribution in [-0.4, -0.2) is 23.9 Å². The smallest absolute Gasteiger partial charge is 0.225 e. The Morgan fingerprint density at radius 2 is 1.60 bits per heavy atom. The van der Waals surface area contributed by atoms with Gasteiger partial charge in [0.05, 0.1) is 0 Å². The van der Waals surface area contributed by atoms with Gasteiger partial charge in [-0.15, -0.1) is 0 Å². The Bertz CT molecular complexity index is 223. The molecule has 2 saturated carbocycles. The van der Waals surface area contributed by atoms with Crippen molar-refractivity contribution < 1.29 is 4.79 Å². The molecule has 0 aliphatic heterocycles. The molecule has 2 aliphatic rings. The van der Waals surface area contributed by atoms with E-state index < -0.39 is 0 Å². The van der Waals surface area contributed by atoms with Gasteiger partial charge in [0.15, 0.2) is 0 Å². The third-order valence-electron chi connectivity index (χ3n) is 3.89. The highest BCUT2D eigenvalue weighted by Crippen LogP contribution is 2.54. The Balaban J connectivity index is 1.85. The van der Waals surface area contributed by atoms with Gasteiger partial charge in [0.25, 0.3) is 0 Å². The van der Waals surface area contributed by atoms with Crippen molar-refractivity contribution in [1.82, 2.24) is 4.90 Å². The maximum atomic E-state index is 12.2. The SMILES string of the molecule is CCCN(CCC)C(=O)C1CC2CC2C1. The molecule has 0 spiro atoms.